The van der Waals surface area contributed by atoms with Crippen molar-refractivity contribution in [3.63, 3.8) is 0 Å². The van der Waals surface area contributed by atoms with Crippen molar-refractivity contribution in [1.82, 2.24) is 19.9 Å². The molecule has 0 aromatic carbocycles. The largest absolute Gasteiger partial charge is 0.351 e. The molecule has 24 heavy (non-hydrogen) atoms. The number of hydrogen-bond acceptors (Lipinski definition) is 5. The minimum atomic E-state index is 0.461. The number of fused-ring (bicyclic) bond motifs is 1. The summed E-state index contributed by atoms with van der Waals surface area (Å²) in [6.07, 6.45) is 5.15. The number of rotatable bonds is 2. The average Bonchev–Trinajstić information content (AvgIpc) is 3.07. The summed E-state index contributed by atoms with van der Waals surface area (Å²) in [5, 5.41) is 0. The molecule has 126 valence electrons. The fourth-order valence-electron chi connectivity index (χ4n) is 3.85. The van der Waals surface area contributed by atoms with Gasteiger partial charge in [-0.15, -0.1) is 0 Å². The van der Waals surface area contributed by atoms with E-state index < -0.39 is 0 Å². The fraction of sp³-hybridized carbons (Fsp3) is 0.526. The monoisotopic (exact) mass is 323 g/mol. The lowest BCUT2D eigenvalue weighted by atomic mass is 10.1. The lowest BCUT2D eigenvalue weighted by molar-refractivity contribution is 0.205. The molecule has 2 aromatic rings. The summed E-state index contributed by atoms with van der Waals surface area (Å²) in [7, 11) is 2.21. The number of piperazine rings is 1. The molecular weight excluding hydrogens is 298 g/mol. The summed E-state index contributed by atoms with van der Waals surface area (Å²) in [5.74, 6) is 1.91. The minimum Gasteiger partial charge on any atom is -0.351 e. The molecule has 0 N–H and O–H groups in total. The summed E-state index contributed by atoms with van der Waals surface area (Å²) in [4.78, 5) is 19.2. The smallest absolute Gasteiger partial charge is 0.180 e. The van der Waals surface area contributed by atoms with Gasteiger partial charge in [-0.3, -0.25) is 9.88 Å². The molecule has 3 heterocycles. The normalized spacial score (nSPS) is 24.2. The van der Waals surface area contributed by atoms with Crippen molar-refractivity contribution in [3.05, 3.63) is 35.7 Å². The van der Waals surface area contributed by atoms with Crippen molar-refractivity contribution in [2.75, 3.05) is 25.0 Å². The Labute approximate surface area is 143 Å². The zero-order valence-corrected chi connectivity index (χ0v) is 14.7. The summed E-state index contributed by atoms with van der Waals surface area (Å²) < 4.78 is 0. The highest BCUT2D eigenvalue weighted by Crippen LogP contribution is 2.33. The van der Waals surface area contributed by atoms with Gasteiger partial charge < -0.3 is 4.90 Å². The third kappa shape index (κ3) is 2.67. The van der Waals surface area contributed by atoms with Gasteiger partial charge in [-0.05, 0) is 52.3 Å². The van der Waals surface area contributed by atoms with Crippen molar-refractivity contribution >= 4 is 5.82 Å². The van der Waals surface area contributed by atoms with E-state index in [1.807, 2.05) is 24.4 Å². The van der Waals surface area contributed by atoms with E-state index >= 15 is 0 Å². The summed E-state index contributed by atoms with van der Waals surface area (Å²) in [6.45, 7) is 6.67. The highest BCUT2D eigenvalue weighted by Gasteiger charge is 2.31. The number of anilines is 1. The zero-order chi connectivity index (χ0) is 16.7. The molecule has 0 bridgehead atoms. The Morgan fingerprint density at radius 1 is 1.04 bits per heavy atom. The van der Waals surface area contributed by atoms with E-state index in [1.165, 1.54) is 17.7 Å². The Morgan fingerprint density at radius 3 is 2.71 bits per heavy atom. The molecule has 5 heteroatoms. The average molecular weight is 323 g/mol. The van der Waals surface area contributed by atoms with Crippen LogP contribution < -0.4 is 4.90 Å². The van der Waals surface area contributed by atoms with Crippen LogP contribution in [0.5, 0.6) is 0 Å². The quantitative estimate of drug-likeness (QED) is 0.850. The van der Waals surface area contributed by atoms with Gasteiger partial charge in [-0.2, -0.15) is 0 Å². The Bertz CT molecular complexity index is 730. The van der Waals surface area contributed by atoms with E-state index in [0.717, 1.165) is 43.3 Å². The van der Waals surface area contributed by atoms with Crippen LogP contribution in [0.15, 0.2) is 24.4 Å². The molecule has 2 aliphatic rings. The van der Waals surface area contributed by atoms with Gasteiger partial charge in [0.25, 0.3) is 0 Å². The molecule has 0 spiro atoms. The second kappa shape index (κ2) is 6.13. The highest BCUT2D eigenvalue weighted by molar-refractivity contribution is 5.59. The van der Waals surface area contributed by atoms with Crippen molar-refractivity contribution in [2.24, 2.45) is 0 Å². The molecule has 1 fully saturated rings. The standard InChI is InChI=1S/C19H25N5/c1-13-12-24(14(2)11-23(13)3)19-15-7-6-9-16(15)21-18(22-19)17-8-4-5-10-20-17/h4-5,8,10,13-14H,6-7,9,11-12H2,1-3H3/t13-,14+/m0/s1. The van der Waals surface area contributed by atoms with Crippen LogP contribution in [0.2, 0.25) is 0 Å². The van der Waals surface area contributed by atoms with E-state index in [4.69, 9.17) is 9.97 Å². The van der Waals surface area contributed by atoms with Gasteiger partial charge in [0.05, 0.1) is 0 Å². The third-order valence-corrected chi connectivity index (χ3v) is 5.37. The van der Waals surface area contributed by atoms with E-state index in [-0.39, 0.29) is 0 Å². The number of hydrogen-bond donors (Lipinski definition) is 0. The Kier molecular flexibility index (Phi) is 3.96. The second-order valence-corrected chi connectivity index (χ2v) is 7.15. The van der Waals surface area contributed by atoms with E-state index in [0.29, 0.717) is 12.1 Å². The van der Waals surface area contributed by atoms with E-state index in [9.17, 15) is 0 Å². The number of aromatic nitrogens is 3. The van der Waals surface area contributed by atoms with Crippen LogP contribution in [-0.4, -0.2) is 52.1 Å². The molecule has 0 unspecified atom stereocenters. The van der Waals surface area contributed by atoms with Gasteiger partial charge in [0.2, 0.25) is 0 Å². The van der Waals surface area contributed by atoms with Gasteiger partial charge in [0.1, 0.15) is 11.5 Å². The Morgan fingerprint density at radius 2 is 1.92 bits per heavy atom. The Hall–Kier alpha value is -2.01. The predicted octanol–water partition coefficient (Wildman–Crippen LogP) is 2.56. The number of likely N-dealkylation sites (N-methyl/N-ethyl adjacent to an activating group) is 1. The topological polar surface area (TPSA) is 45.2 Å². The van der Waals surface area contributed by atoms with Crippen LogP contribution in [0.3, 0.4) is 0 Å². The van der Waals surface area contributed by atoms with Gasteiger partial charge in [0.15, 0.2) is 5.82 Å². The zero-order valence-electron chi connectivity index (χ0n) is 14.7. The van der Waals surface area contributed by atoms with Gasteiger partial charge in [0, 0.05) is 42.6 Å². The summed E-state index contributed by atoms with van der Waals surface area (Å²) >= 11 is 0. The third-order valence-electron chi connectivity index (χ3n) is 5.37. The van der Waals surface area contributed by atoms with Crippen LogP contribution in [-0.2, 0) is 12.8 Å². The maximum absolute atomic E-state index is 4.98. The second-order valence-electron chi connectivity index (χ2n) is 7.15. The van der Waals surface area contributed by atoms with Crippen LogP contribution in [0.1, 0.15) is 31.5 Å². The number of aryl methyl sites for hydroxylation is 1. The summed E-state index contributed by atoms with van der Waals surface area (Å²) in [5.41, 5.74) is 3.45. The summed E-state index contributed by atoms with van der Waals surface area (Å²) in [6, 6.07) is 6.92. The molecule has 0 radical (unpaired) electrons. The van der Waals surface area contributed by atoms with Crippen molar-refractivity contribution < 1.29 is 0 Å². The lowest BCUT2D eigenvalue weighted by Gasteiger charge is -2.43. The van der Waals surface area contributed by atoms with Gasteiger partial charge >= 0.3 is 0 Å². The molecule has 2 atom stereocenters. The first-order chi connectivity index (χ1) is 11.6. The van der Waals surface area contributed by atoms with Gasteiger partial charge in [-0.25, -0.2) is 9.97 Å². The first kappa shape index (κ1) is 15.5. The lowest BCUT2D eigenvalue weighted by Crippen LogP contribution is -2.55. The SMILES string of the molecule is C[C@@H]1CN(C)[C@@H](C)CN1c1nc(-c2ccccn2)nc2c1CCC2. The van der Waals surface area contributed by atoms with Crippen molar-refractivity contribution in [3.8, 4) is 11.5 Å². The molecule has 0 amide bonds. The van der Waals surface area contributed by atoms with E-state index in [2.05, 4.69) is 35.7 Å². The van der Waals surface area contributed by atoms with E-state index in [1.54, 1.807) is 0 Å². The maximum atomic E-state index is 4.98. The van der Waals surface area contributed by atoms with Crippen molar-refractivity contribution in [2.45, 2.75) is 45.2 Å². The van der Waals surface area contributed by atoms with Crippen LogP contribution in [0.4, 0.5) is 5.82 Å². The molecule has 0 saturated carbocycles. The first-order valence-electron chi connectivity index (χ1n) is 8.91. The molecule has 1 aliphatic carbocycles. The van der Waals surface area contributed by atoms with Crippen molar-refractivity contribution in [1.29, 1.82) is 0 Å². The molecule has 1 saturated heterocycles. The van der Waals surface area contributed by atoms with Gasteiger partial charge in [-0.1, -0.05) is 6.07 Å². The molecule has 2 aromatic heterocycles. The maximum Gasteiger partial charge on any atom is 0.180 e. The molecular formula is C19H25N5. The van der Waals surface area contributed by atoms with Crippen LogP contribution in [0.25, 0.3) is 11.5 Å². The fourth-order valence-corrected chi connectivity index (χ4v) is 3.85. The molecule has 4 rings (SSSR count). The first-order valence-corrected chi connectivity index (χ1v) is 8.91. The number of nitrogens with zero attached hydrogens (tertiary/aromatic N) is 5. The molecule has 1 aliphatic heterocycles. The Balaban J connectivity index is 1.79. The predicted molar refractivity (Wildman–Crippen MR) is 96.2 cm³/mol. The minimum absolute atomic E-state index is 0.461. The van der Waals surface area contributed by atoms with Crippen LogP contribution >= 0.6 is 0 Å². The molecule has 5 nitrogen and oxygen atoms in total. The number of pyridine rings is 1. The highest BCUT2D eigenvalue weighted by atomic mass is 15.3. The van der Waals surface area contributed by atoms with Crippen LogP contribution in [0, 0.1) is 0 Å².